The fourth-order valence-electron chi connectivity index (χ4n) is 0.819. The Morgan fingerprint density at radius 2 is 2.36 bits per heavy atom. The van der Waals surface area contributed by atoms with Crippen molar-refractivity contribution in [3.05, 3.63) is 35.6 Å². The number of carboxylic acid groups (broad SMARTS) is 1. The zero-order valence-electron chi connectivity index (χ0n) is 5.95. The van der Waals surface area contributed by atoms with Crippen LogP contribution in [-0.2, 0) is 4.79 Å². The van der Waals surface area contributed by atoms with Gasteiger partial charge in [-0.25, -0.2) is 4.79 Å². The van der Waals surface area contributed by atoms with E-state index in [1.54, 1.807) is 18.2 Å². The molecule has 0 saturated heterocycles. The number of carboxylic acids is 1. The van der Waals surface area contributed by atoms with Gasteiger partial charge < -0.3 is 10.8 Å². The Kier molecular flexibility index (Phi) is 2.11. The first-order valence-electron chi connectivity index (χ1n) is 3.27. The van der Waals surface area contributed by atoms with Gasteiger partial charge in [-0.1, -0.05) is 18.2 Å². The molecule has 0 saturated carbocycles. The molecule has 0 heterocycles. The summed E-state index contributed by atoms with van der Waals surface area (Å²) in [4.78, 5) is 10.5. The highest BCUT2D eigenvalue weighted by Gasteiger charge is 2.03. The van der Waals surface area contributed by atoms with Crippen LogP contribution in [0.15, 0.2) is 35.6 Å². The van der Waals surface area contributed by atoms with E-state index in [1.165, 1.54) is 6.08 Å². The zero-order valence-corrected chi connectivity index (χ0v) is 5.95. The fraction of sp³-hybridized carbons (Fsp3) is 0.125. The normalized spacial score (nSPS) is 16.7. The second-order valence-electron chi connectivity index (χ2n) is 2.25. The molecule has 11 heavy (non-hydrogen) atoms. The quantitative estimate of drug-likeness (QED) is 0.582. The largest absolute Gasteiger partial charge is 0.478 e. The summed E-state index contributed by atoms with van der Waals surface area (Å²) >= 11 is 0. The standard InChI is InChI=1S/C8H9NO2/c9-7-4-2-1-3-6(5-7)8(10)11/h1,3-5H,2,9H2,(H,10,11). The molecule has 0 bridgehead atoms. The lowest BCUT2D eigenvalue weighted by molar-refractivity contribution is -0.132. The van der Waals surface area contributed by atoms with Crippen LogP contribution >= 0.6 is 0 Å². The van der Waals surface area contributed by atoms with Crippen LogP contribution in [0.2, 0.25) is 0 Å². The lowest BCUT2D eigenvalue weighted by atomic mass is 10.2. The molecule has 58 valence electrons. The van der Waals surface area contributed by atoms with Crippen LogP contribution in [0.25, 0.3) is 0 Å². The lowest BCUT2D eigenvalue weighted by Gasteiger charge is -1.92. The highest BCUT2D eigenvalue weighted by Crippen LogP contribution is 2.07. The van der Waals surface area contributed by atoms with E-state index in [0.717, 1.165) is 0 Å². The van der Waals surface area contributed by atoms with Gasteiger partial charge in [-0.3, -0.25) is 0 Å². The molecule has 3 heteroatoms. The van der Waals surface area contributed by atoms with Crippen LogP contribution in [0.1, 0.15) is 6.42 Å². The van der Waals surface area contributed by atoms with Gasteiger partial charge in [0.2, 0.25) is 0 Å². The molecule has 0 aromatic rings. The van der Waals surface area contributed by atoms with Crippen LogP contribution in [0.4, 0.5) is 0 Å². The van der Waals surface area contributed by atoms with Gasteiger partial charge in [-0.05, 0) is 12.5 Å². The van der Waals surface area contributed by atoms with Crippen molar-refractivity contribution in [1.29, 1.82) is 0 Å². The maximum absolute atomic E-state index is 10.5. The third-order valence-corrected chi connectivity index (χ3v) is 1.36. The van der Waals surface area contributed by atoms with E-state index in [-0.39, 0.29) is 5.57 Å². The summed E-state index contributed by atoms with van der Waals surface area (Å²) in [5, 5.41) is 8.58. The molecule has 0 aromatic heterocycles. The van der Waals surface area contributed by atoms with Gasteiger partial charge in [-0.15, -0.1) is 0 Å². The molecule has 3 N–H and O–H groups in total. The fourth-order valence-corrected chi connectivity index (χ4v) is 0.819. The van der Waals surface area contributed by atoms with Crippen LogP contribution in [-0.4, -0.2) is 11.1 Å². The summed E-state index contributed by atoms with van der Waals surface area (Å²) in [5.41, 5.74) is 6.18. The Morgan fingerprint density at radius 3 is 3.00 bits per heavy atom. The molecule has 0 amide bonds. The number of hydrogen-bond donors (Lipinski definition) is 2. The van der Waals surface area contributed by atoms with Crippen molar-refractivity contribution in [3.8, 4) is 0 Å². The molecular formula is C8H9NO2. The molecule has 0 aromatic carbocycles. The van der Waals surface area contributed by atoms with Gasteiger partial charge in [0.1, 0.15) is 0 Å². The Morgan fingerprint density at radius 1 is 1.64 bits per heavy atom. The summed E-state index contributed by atoms with van der Waals surface area (Å²) < 4.78 is 0. The molecular weight excluding hydrogens is 142 g/mol. The number of hydrogen-bond acceptors (Lipinski definition) is 2. The second-order valence-corrected chi connectivity index (χ2v) is 2.25. The van der Waals surface area contributed by atoms with Gasteiger partial charge in [-0.2, -0.15) is 0 Å². The van der Waals surface area contributed by atoms with Gasteiger partial charge >= 0.3 is 5.97 Å². The van der Waals surface area contributed by atoms with Crippen LogP contribution < -0.4 is 5.73 Å². The van der Waals surface area contributed by atoms with Gasteiger partial charge in [0.05, 0.1) is 5.57 Å². The van der Waals surface area contributed by atoms with E-state index in [9.17, 15) is 4.79 Å². The third kappa shape index (κ3) is 1.97. The molecule has 3 nitrogen and oxygen atoms in total. The Labute approximate surface area is 64.5 Å². The molecule has 0 fully saturated rings. The summed E-state index contributed by atoms with van der Waals surface area (Å²) in [5.74, 6) is -0.945. The van der Waals surface area contributed by atoms with Crippen LogP contribution in [0.5, 0.6) is 0 Å². The van der Waals surface area contributed by atoms with E-state index < -0.39 is 5.97 Å². The van der Waals surface area contributed by atoms with Gasteiger partial charge in [0.25, 0.3) is 0 Å². The minimum Gasteiger partial charge on any atom is -0.478 e. The first-order valence-corrected chi connectivity index (χ1v) is 3.27. The number of rotatable bonds is 1. The molecule has 0 unspecified atom stereocenters. The molecule has 0 spiro atoms. The van der Waals surface area contributed by atoms with Gasteiger partial charge in [0, 0.05) is 5.70 Å². The van der Waals surface area contributed by atoms with Crippen molar-refractivity contribution in [1.82, 2.24) is 0 Å². The average molecular weight is 151 g/mol. The van der Waals surface area contributed by atoms with Crippen molar-refractivity contribution in [2.24, 2.45) is 5.73 Å². The van der Waals surface area contributed by atoms with Gasteiger partial charge in [0.15, 0.2) is 0 Å². The zero-order chi connectivity index (χ0) is 8.27. The van der Waals surface area contributed by atoms with Crippen molar-refractivity contribution >= 4 is 5.97 Å². The monoisotopic (exact) mass is 151 g/mol. The first-order chi connectivity index (χ1) is 5.20. The van der Waals surface area contributed by atoms with Crippen molar-refractivity contribution in [3.63, 3.8) is 0 Å². The van der Waals surface area contributed by atoms with E-state index in [4.69, 9.17) is 10.8 Å². The number of allylic oxidation sites excluding steroid dienone is 3. The maximum Gasteiger partial charge on any atom is 0.335 e. The van der Waals surface area contributed by atoms with Crippen LogP contribution in [0.3, 0.4) is 0 Å². The molecule has 0 atom stereocenters. The number of carbonyl (C=O) groups is 1. The molecule has 0 aliphatic heterocycles. The summed E-state index contributed by atoms with van der Waals surface area (Å²) in [6, 6.07) is 0. The van der Waals surface area contributed by atoms with Crippen molar-refractivity contribution in [2.45, 2.75) is 6.42 Å². The minimum absolute atomic E-state index is 0.233. The predicted octanol–water partition coefficient (Wildman–Crippen LogP) is 0.800. The number of aliphatic carboxylic acids is 1. The van der Waals surface area contributed by atoms with E-state index >= 15 is 0 Å². The van der Waals surface area contributed by atoms with Crippen molar-refractivity contribution < 1.29 is 9.90 Å². The number of nitrogens with two attached hydrogens (primary N) is 1. The molecule has 1 rings (SSSR count). The second kappa shape index (κ2) is 3.05. The molecule has 0 radical (unpaired) electrons. The van der Waals surface area contributed by atoms with Crippen molar-refractivity contribution in [2.75, 3.05) is 0 Å². The first kappa shape index (κ1) is 7.60. The predicted molar refractivity (Wildman–Crippen MR) is 41.7 cm³/mol. The maximum atomic E-state index is 10.5. The Bertz CT molecular complexity index is 261. The average Bonchev–Trinajstić information content (AvgIpc) is 2.13. The van der Waals surface area contributed by atoms with E-state index in [1.807, 2.05) is 0 Å². The topological polar surface area (TPSA) is 63.3 Å². The Balaban J connectivity index is 2.93. The summed E-state index contributed by atoms with van der Waals surface area (Å²) in [7, 11) is 0. The summed E-state index contributed by atoms with van der Waals surface area (Å²) in [6.07, 6.45) is 7.23. The third-order valence-electron chi connectivity index (χ3n) is 1.36. The minimum atomic E-state index is -0.945. The highest BCUT2D eigenvalue weighted by atomic mass is 16.4. The van der Waals surface area contributed by atoms with E-state index in [0.29, 0.717) is 12.1 Å². The van der Waals surface area contributed by atoms with E-state index in [2.05, 4.69) is 0 Å². The van der Waals surface area contributed by atoms with Crippen LogP contribution in [0, 0.1) is 0 Å². The SMILES string of the molecule is NC1=CCC=CC(C(=O)O)=C1. The Hall–Kier alpha value is -1.51. The summed E-state index contributed by atoms with van der Waals surface area (Å²) in [6.45, 7) is 0. The smallest absolute Gasteiger partial charge is 0.335 e. The highest BCUT2D eigenvalue weighted by molar-refractivity contribution is 5.90. The molecule has 1 aliphatic carbocycles. The lowest BCUT2D eigenvalue weighted by Crippen LogP contribution is -2.00. The molecule has 1 aliphatic rings.